The van der Waals surface area contributed by atoms with Gasteiger partial charge >= 0.3 is 0 Å². The van der Waals surface area contributed by atoms with E-state index in [2.05, 4.69) is 24.8 Å². The normalized spacial score (nSPS) is 17.7. The highest BCUT2D eigenvalue weighted by Crippen LogP contribution is 2.39. The first kappa shape index (κ1) is 24.5. The van der Waals surface area contributed by atoms with Gasteiger partial charge in [-0.15, -0.1) is 0 Å². The largest absolute Gasteiger partial charge is 0.339 e. The highest BCUT2D eigenvalue weighted by atomic mass is 32.2. The number of rotatable bonds is 7. The number of nitro groups is 1. The van der Waals surface area contributed by atoms with E-state index in [1.807, 2.05) is 29.2 Å². The van der Waals surface area contributed by atoms with Crippen molar-refractivity contribution >= 4 is 29.4 Å². The predicted molar refractivity (Wildman–Crippen MR) is 137 cm³/mol. The number of benzene rings is 2. The Hall–Kier alpha value is -2.64. The van der Waals surface area contributed by atoms with Gasteiger partial charge in [0.15, 0.2) is 0 Å². The second-order valence-corrected chi connectivity index (χ2v) is 10.5. The third-order valence-corrected chi connectivity index (χ3v) is 7.95. The molecule has 2 aliphatic heterocycles. The molecule has 0 N–H and O–H groups in total. The molecular formula is C27H33N3O3S. The van der Waals surface area contributed by atoms with E-state index in [9.17, 15) is 14.9 Å². The zero-order valence-corrected chi connectivity index (χ0v) is 20.8. The first-order valence-corrected chi connectivity index (χ1v) is 13.0. The van der Waals surface area contributed by atoms with Crippen LogP contribution in [0, 0.1) is 10.1 Å². The molecule has 0 saturated carbocycles. The Balaban J connectivity index is 1.42. The number of nitro benzene ring substituents is 1. The van der Waals surface area contributed by atoms with Crippen LogP contribution >= 0.6 is 11.8 Å². The standard InChI is InChI=1S/C27H33N3O3S/c1-20(2)23-7-3-4-8-25(23)34-26-11-9-21(19-24(26)30(32)33)10-12-27(31)29-17-13-22(14-18-29)28-15-5-6-16-28/h3-4,7-12,19-20,22H,5-6,13-18H2,1-2H3/b12-10+. The van der Waals surface area contributed by atoms with Crippen molar-refractivity contribution in [2.45, 2.75) is 61.3 Å². The van der Waals surface area contributed by atoms with Gasteiger partial charge in [-0.2, -0.15) is 0 Å². The van der Waals surface area contributed by atoms with Crippen LogP contribution in [-0.4, -0.2) is 52.9 Å². The van der Waals surface area contributed by atoms with Gasteiger partial charge in [-0.3, -0.25) is 14.9 Å². The number of likely N-dealkylation sites (tertiary alicyclic amines) is 2. The minimum absolute atomic E-state index is 0.0214. The SMILES string of the molecule is CC(C)c1ccccc1Sc1ccc(/C=C/C(=O)N2CCC(N3CCCC3)CC2)cc1[N+](=O)[O-]. The topological polar surface area (TPSA) is 66.7 Å². The third-order valence-electron chi connectivity index (χ3n) is 6.79. The molecule has 7 heteroatoms. The van der Waals surface area contributed by atoms with Crippen molar-refractivity contribution in [3.05, 3.63) is 69.8 Å². The molecule has 2 heterocycles. The van der Waals surface area contributed by atoms with E-state index in [1.165, 1.54) is 43.3 Å². The summed E-state index contributed by atoms with van der Waals surface area (Å²) >= 11 is 1.42. The van der Waals surface area contributed by atoms with Gasteiger partial charge in [0.2, 0.25) is 5.91 Å². The van der Waals surface area contributed by atoms with E-state index in [1.54, 1.807) is 24.3 Å². The molecular weight excluding hydrogens is 446 g/mol. The molecule has 6 nitrogen and oxygen atoms in total. The summed E-state index contributed by atoms with van der Waals surface area (Å²) in [6, 6.07) is 13.8. The van der Waals surface area contributed by atoms with E-state index in [0.717, 1.165) is 30.8 Å². The summed E-state index contributed by atoms with van der Waals surface area (Å²) in [5.41, 5.74) is 1.89. The molecule has 2 fully saturated rings. The second kappa shape index (κ2) is 11.2. The lowest BCUT2D eigenvalue weighted by atomic mass is 10.0. The zero-order valence-electron chi connectivity index (χ0n) is 20.0. The maximum absolute atomic E-state index is 12.7. The Bertz CT molecular complexity index is 1050. The van der Waals surface area contributed by atoms with Crippen LogP contribution in [0.2, 0.25) is 0 Å². The minimum Gasteiger partial charge on any atom is -0.339 e. The van der Waals surface area contributed by atoms with E-state index >= 15 is 0 Å². The maximum atomic E-state index is 12.7. The van der Waals surface area contributed by atoms with Gasteiger partial charge in [-0.1, -0.05) is 49.9 Å². The van der Waals surface area contributed by atoms with Crippen LogP contribution in [-0.2, 0) is 4.79 Å². The Morgan fingerprint density at radius 2 is 1.76 bits per heavy atom. The molecule has 2 aromatic carbocycles. The Morgan fingerprint density at radius 3 is 2.44 bits per heavy atom. The summed E-state index contributed by atoms with van der Waals surface area (Å²) < 4.78 is 0. The van der Waals surface area contributed by atoms with Gasteiger partial charge < -0.3 is 9.80 Å². The summed E-state index contributed by atoms with van der Waals surface area (Å²) in [6.07, 6.45) is 7.86. The fourth-order valence-electron chi connectivity index (χ4n) is 4.87. The van der Waals surface area contributed by atoms with Gasteiger partial charge in [-0.05, 0) is 74.0 Å². The minimum atomic E-state index is -0.345. The van der Waals surface area contributed by atoms with Gasteiger partial charge in [-0.25, -0.2) is 0 Å². The number of carbonyl (C=O) groups is 1. The van der Waals surface area contributed by atoms with Crippen molar-refractivity contribution in [2.24, 2.45) is 0 Å². The summed E-state index contributed by atoms with van der Waals surface area (Å²) in [6.45, 7) is 8.16. The third kappa shape index (κ3) is 5.88. The smallest absolute Gasteiger partial charge is 0.283 e. The summed E-state index contributed by atoms with van der Waals surface area (Å²) in [5, 5.41) is 11.8. The molecule has 0 bridgehead atoms. The molecule has 1 amide bonds. The Kier molecular flexibility index (Phi) is 8.06. The summed E-state index contributed by atoms with van der Waals surface area (Å²) in [5.74, 6) is 0.309. The molecule has 2 aromatic rings. The number of piperidine rings is 1. The predicted octanol–water partition coefficient (Wildman–Crippen LogP) is 5.97. The molecule has 0 spiro atoms. The van der Waals surface area contributed by atoms with Crippen LogP contribution in [0.4, 0.5) is 5.69 Å². The van der Waals surface area contributed by atoms with Crippen LogP contribution < -0.4 is 0 Å². The van der Waals surface area contributed by atoms with Crippen molar-refractivity contribution in [3.63, 3.8) is 0 Å². The average molecular weight is 480 g/mol. The molecule has 34 heavy (non-hydrogen) atoms. The molecule has 0 unspecified atom stereocenters. The van der Waals surface area contributed by atoms with Crippen molar-refractivity contribution in [1.29, 1.82) is 0 Å². The molecule has 2 saturated heterocycles. The van der Waals surface area contributed by atoms with Crippen molar-refractivity contribution in [1.82, 2.24) is 9.80 Å². The summed E-state index contributed by atoms with van der Waals surface area (Å²) in [7, 11) is 0. The summed E-state index contributed by atoms with van der Waals surface area (Å²) in [4.78, 5) is 30.3. The van der Waals surface area contributed by atoms with Gasteiger partial charge in [0.05, 0.1) is 9.82 Å². The number of nitrogens with zero attached hydrogens (tertiary/aromatic N) is 3. The highest BCUT2D eigenvalue weighted by Gasteiger charge is 2.27. The van der Waals surface area contributed by atoms with E-state index in [0.29, 0.717) is 22.4 Å². The lowest BCUT2D eigenvalue weighted by molar-refractivity contribution is -0.387. The van der Waals surface area contributed by atoms with Crippen molar-refractivity contribution in [3.8, 4) is 0 Å². The quantitative estimate of drug-likeness (QED) is 0.278. The molecule has 0 aromatic heterocycles. The van der Waals surface area contributed by atoms with Crippen LogP contribution in [0.3, 0.4) is 0 Å². The number of carbonyl (C=O) groups excluding carboxylic acids is 1. The number of hydrogen-bond acceptors (Lipinski definition) is 5. The van der Waals surface area contributed by atoms with Gasteiger partial charge in [0.1, 0.15) is 0 Å². The first-order chi connectivity index (χ1) is 16.4. The lowest BCUT2D eigenvalue weighted by Gasteiger charge is -2.36. The monoisotopic (exact) mass is 479 g/mol. The Morgan fingerprint density at radius 1 is 1.06 bits per heavy atom. The van der Waals surface area contributed by atoms with E-state index < -0.39 is 0 Å². The van der Waals surface area contributed by atoms with E-state index in [-0.39, 0.29) is 16.5 Å². The molecule has 2 aliphatic rings. The molecule has 4 rings (SSSR count). The number of amides is 1. The zero-order chi connectivity index (χ0) is 24.1. The average Bonchev–Trinajstić information content (AvgIpc) is 3.38. The molecule has 0 aliphatic carbocycles. The van der Waals surface area contributed by atoms with Gasteiger partial charge in [0, 0.05) is 36.2 Å². The second-order valence-electron chi connectivity index (χ2n) is 9.41. The van der Waals surface area contributed by atoms with Crippen LogP contribution in [0.15, 0.2) is 58.3 Å². The maximum Gasteiger partial charge on any atom is 0.283 e. The fourth-order valence-corrected chi connectivity index (χ4v) is 6.05. The fraction of sp³-hybridized carbons (Fsp3) is 0.444. The van der Waals surface area contributed by atoms with Crippen LogP contribution in [0.5, 0.6) is 0 Å². The van der Waals surface area contributed by atoms with Crippen LogP contribution in [0.25, 0.3) is 6.08 Å². The Labute approximate surface area is 206 Å². The van der Waals surface area contributed by atoms with Crippen molar-refractivity contribution < 1.29 is 9.72 Å². The van der Waals surface area contributed by atoms with E-state index in [4.69, 9.17) is 0 Å². The van der Waals surface area contributed by atoms with Crippen molar-refractivity contribution in [2.75, 3.05) is 26.2 Å². The molecule has 180 valence electrons. The number of hydrogen-bond donors (Lipinski definition) is 0. The molecule has 0 atom stereocenters. The lowest BCUT2D eigenvalue weighted by Crippen LogP contribution is -2.45. The highest BCUT2D eigenvalue weighted by molar-refractivity contribution is 7.99. The first-order valence-electron chi connectivity index (χ1n) is 12.2. The van der Waals surface area contributed by atoms with Gasteiger partial charge in [0.25, 0.3) is 5.69 Å². The molecule has 0 radical (unpaired) electrons. The van der Waals surface area contributed by atoms with Crippen LogP contribution in [0.1, 0.15) is 56.6 Å².